The molecule has 0 radical (unpaired) electrons. The summed E-state index contributed by atoms with van der Waals surface area (Å²) in [5.41, 5.74) is 3.27. The fraction of sp³-hybridized carbons (Fsp3) is 0.250. The van der Waals surface area contributed by atoms with Gasteiger partial charge in [0.15, 0.2) is 5.79 Å². The van der Waals surface area contributed by atoms with Gasteiger partial charge in [-0.2, -0.15) is 0 Å². The van der Waals surface area contributed by atoms with E-state index in [1.54, 1.807) is 25.2 Å². The van der Waals surface area contributed by atoms with E-state index < -0.39 is 5.79 Å². The highest BCUT2D eigenvalue weighted by molar-refractivity contribution is 9.10. The number of halogens is 4. The lowest BCUT2D eigenvalue weighted by molar-refractivity contribution is 0.152. The van der Waals surface area contributed by atoms with Crippen LogP contribution in [0.3, 0.4) is 0 Å². The van der Waals surface area contributed by atoms with Crippen molar-refractivity contribution in [2.24, 2.45) is 0 Å². The van der Waals surface area contributed by atoms with E-state index in [-0.39, 0.29) is 5.15 Å². The number of nitrogens with one attached hydrogen (secondary N) is 1. The van der Waals surface area contributed by atoms with E-state index in [0.717, 1.165) is 15.7 Å². The monoisotopic (exact) mass is 456 g/mol. The molecule has 0 aliphatic heterocycles. The van der Waals surface area contributed by atoms with E-state index in [0.29, 0.717) is 21.7 Å². The third kappa shape index (κ3) is 4.95. The van der Waals surface area contributed by atoms with Gasteiger partial charge in [0.2, 0.25) is 0 Å². The van der Waals surface area contributed by atoms with Crippen LogP contribution in [0.25, 0.3) is 11.1 Å². The van der Waals surface area contributed by atoms with Crippen molar-refractivity contribution in [3.8, 4) is 11.1 Å². The number of rotatable bonds is 3. The van der Waals surface area contributed by atoms with Gasteiger partial charge in [0.25, 0.3) is 0 Å². The first-order chi connectivity index (χ1) is 12.2. The van der Waals surface area contributed by atoms with E-state index in [4.69, 9.17) is 23.2 Å². The quantitative estimate of drug-likeness (QED) is 0.505. The number of aromatic nitrogens is 1. The maximum atomic E-state index is 14.7. The van der Waals surface area contributed by atoms with Crippen molar-refractivity contribution in [2.45, 2.75) is 26.6 Å². The highest BCUT2D eigenvalue weighted by atomic mass is 79.9. The van der Waals surface area contributed by atoms with Crippen LogP contribution in [0, 0.1) is 13.8 Å². The van der Waals surface area contributed by atoms with Crippen LogP contribution >= 0.6 is 39.1 Å². The molecule has 1 aromatic carbocycles. The van der Waals surface area contributed by atoms with E-state index in [1.807, 2.05) is 38.1 Å². The van der Waals surface area contributed by atoms with Gasteiger partial charge in [-0.1, -0.05) is 57.3 Å². The third-order valence-corrected chi connectivity index (χ3v) is 5.30. The molecular formula is C20H20BrCl2FN2. The second-order valence-electron chi connectivity index (χ2n) is 6.11. The Hall–Kier alpha value is -1.20. The van der Waals surface area contributed by atoms with Gasteiger partial charge in [-0.25, -0.2) is 9.37 Å². The molecule has 0 amide bonds. The number of aryl methyl sites for hydroxylation is 2. The van der Waals surface area contributed by atoms with Gasteiger partial charge in [0, 0.05) is 21.3 Å². The Bertz CT molecular complexity index is 884. The third-order valence-electron chi connectivity index (χ3n) is 4.05. The normalized spacial score (nSPS) is 13.1. The number of hydrogen-bond acceptors (Lipinski definition) is 2. The second-order valence-corrected chi connectivity index (χ2v) is 7.76. The van der Waals surface area contributed by atoms with E-state index >= 15 is 0 Å². The summed E-state index contributed by atoms with van der Waals surface area (Å²) < 4.78 is 15.6. The van der Waals surface area contributed by atoms with Gasteiger partial charge in [0.05, 0.1) is 5.02 Å². The fourth-order valence-electron chi connectivity index (χ4n) is 2.41. The van der Waals surface area contributed by atoms with Crippen LogP contribution in [-0.2, 0) is 5.79 Å². The molecule has 138 valence electrons. The molecule has 26 heavy (non-hydrogen) atoms. The molecule has 2 aromatic rings. The van der Waals surface area contributed by atoms with Crippen LogP contribution in [-0.4, -0.2) is 12.0 Å². The topological polar surface area (TPSA) is 24.9 Å². The van der Waals surface area contributed by atoms with Gasteiger partial charge >= 0.3 is 0 Å². The lowest BCUT2D eigenvalue weighted by atomic mass is 9.99. The number of benzene rings is 1. The molecule has 1 heterocycles. The molecule has 6 heteroatoms. The predicted octanol–water partition coefficient (Wildman–Crippen LogP) is 6.92. The highest BCUT2D eigenvalue weighted by Crippen LogP contribution is 2.36. The van der Waals surface area contributed by atoms with Gasteiger partial charge < -0.3 is 0 Å². The summed E-state index contributed by atoms with van der Waals surface area (Å²) in [6.07, 6.45) is 0. The first-order valence-corrected chi connectivity index (χ1v) is 9.56. The molecule has 2 nitrogen and oxygen atoms in total. The highest BCUT2D eigenvalue weighted by Gasteiger charge is 2.24. The van der Waals surface area contributed by atoms with Crippen LogP contribution in [0.15, 0.2) is 46.9 Å². The van der Waals surface area contributed by atoms with Gasteiger partial charge in [-0.15, -0.1) is 0 Å². The SMILES string of the molecule is CNC(C)(F)c1cccc(-c2c(Cl)nc(C)ccc(Br)cc(C)c2Cl)c1. The molecule has 0 fully saturated rings. The Morgan fingerprint density at radius 2 is 1.81 bits per heavy atom. The smallest absolute Gasteiger partial charge is 0.184 e. The lowest BCUT2D eigenvalue weighted by Crippen LogP contribution is -2.31. The van der Waals surface area contributed by atoms with Gasteiger partial charge in [-0.05, 0) is 63.2 Å². The lowest BCUT2D eigenvalue weighted by Gasteiger charge is -2.21. The van der Waals surface area contributed by atoms with Crippen molar-refractivity contribution in [1.82, 2.24) is 10.3 Å². The van der Waals surface area contributed by atoms with Crippen molar-refractivity contribution >= 4 is 39.1 Å². The zero-order chi connectivity index (χ0) is 19.5. The molecule has 0 spiro atoms. The van der Waals surface area contributed by atoms with Crippen molar-refractivity contribution in [1.29, 1.82) is 0 Å². The molecule has 1 unspecified atom stereocenters. The average Bonchev–Trinajstić information content (AvgIpc) is 2.59. The summed E-state index contributed by atoms with van der Waals surface area (Å²) in [5.74, 6) is -1.67. The molecule has 1 aromatic heterocycles. The second kappa shape index (κ2) is 8.66. The maximum Gasteiger partial charge on any atom is 0.184 e. The average molecular weight is 458 g/mol. The Balaban J connectivity index is 2.87. The molecule has 0 saturated heterocycles. The van der Waals surface area contributed by atoms with Gasteiger partial charge in [-0.3, -0.25) is 5.32 Å². The Morgan fingerprint density at radius 1 is 1.12 bits per heavy atom. The van der Waals surface area contributed by atoms with Crippen molar-refractivity contribution in [3.63, 3.8) is 0 Å². The minimum absolute atomic E-state index is 0.255. The van der Waals surface area contributed by atoms with Crippen LogP contribution in [0.1, 0.15) is 23.7 Å². The first kappa shape index (κ1) is 21.1. The minimum atomic E-state index is -1.67. The Labute approximate surface area is 172 Å². The predicted molar refractivity (Wildman–Crippen MR) is 112 cm³/mol. The molecule has 0 bridgehead atoms. The Morgan fingerprint density at radius 3 is 2.46 bits per heavy atom. The fourth-order valence-corrected chi connectivity index (χ4v) is 3.53. The molecule has 0 aliphatic rings. The standard InChI is InChI=1S/C20H20BrCl2FN2/c1-12-10-16(21)9-8-13(2)26-19(23)17(18(12)22)14-6-5-7-15(11-14)20(3,24)25-4/h5-11,25H,1-4H3. The molecular weight excluding hydrogens is 438 g/mol. The van der Waals surface area contributed by atoms with Crippen LogP contribution in [0.2, 0.25) is 10.2 Å². The van der Waals surface area contributed by atoms with Crippen molar-refractivity contribution in [3.05, 3.63) is 73.9 Å². The van der Waals surface area contributed by atoms with Gasteiger partial charge in [0.1, 0.15) is 5.15 Å². The van der Waals surface area contributed by atoms with E-state index in [1.165, 1.54) is 6.92 Å². The summed E-state index contributed by atoms with van der Waals surface area (Å²) in [5, 5.41) is 3.37. The number of alkyl halides is 1. The van der Waals surface area contributed by atoms with Crippen molar-refractivity contribution in [2.75, 3.05) is 7.05 Å². The maximum absolute atomic E-state index is 14.7. The first-order valence-electron chi connectivity index (χ1n) is 8.01. The Kier molecular flexibility index (Phi) is 7.03. The zero-order valence-corrected chi connectivity index (χ0v) is 18.1. The summed E-state index contributed by atoms with van der Waals surface area (Å²) in [6.45, 7) is 5.19. The van der Waals surface area contributed by atoms with Crippen LogP contribution in [0.5, 0.6) is 0 Å². The molecule has 1 N–H and O–H groups in total. The summed E-state index contributed by atoms with van der Waals surface area (Å²) >= 11 is 16.6. The molecule has 2 rings (SSSR count). The van der Waals surface area contributed by atoms with E-state index in [2.05, 4.69) is 26.2 Å². The largest absolute Gasteiger partial charge is 0.285 e. The summed E-state index contributed by atoms with van der Waals surface area (Å²) in [7, 11) is 1.57. The van der Waals surface area contributed by atoms with Crippen LogP contribution < -0.4 is 5.32 Å². The van der Waals surface area contributed by atoms with Crippen LogP contribution in [0.4, 0.5) is 4.39 Å². The molecule has 0 aliphatic carbocycles. The zero-order valence-electron chi connectivity index (χ0n) is 15.0. The molecule has 0 saturated carbocycles. The summed E-state index contributed by atoms with van der Waals surface area (Å²) in [4.78, 5) is 4.43. The molecule has 1 atom stereocenters. The van der Waals surface area contributed by atoms with E-state index in [9.17, 15) is 4.39 Å². The number of hydrogen-bond donors (Lipinski definition) is 1. The number of nitrogens with zero attached hydrogens (tertiary/aromatic N) is 1. The summed E-state index contributed by atoms with van der Waals surface area (Å²) in [6, 6.07) is 12.7. The minimum Gasteiger partial charge on any atom is -0.285 e. The van der Waals surface area contributed by atoms with Crippen molar-refractivity contribution < 1.29 is 4.39 Å².